The Balaban J connectivity index is 1.95. The van der Waals surface area contributed by atoms with Gasteiger partial charge in [-0.1, -0.05) is 32.4 Å². The molecule has 8 nitrogen and oxygen atoms in total. The van der Waals surface area contributed by atoms with E-state index in [1.54, 1.807) is 13.0 Å². The van der Waals surface area contributed by atoms with E-state index in [1.807, 2.05) is 20.8 Å². The average molecular weight is 545 g/mol. The van der Waals surface area contributed by atoms with Crippen LogP contribution in [0.15, 0.2) is 24.5 Å². The zero-order valence-corrected chi connectivity index (χ0v) is 22.0. The van der Waals surface area contributed by atoms with Crippen molar-refractivity contribution in [1.29, 1.82) is 0 Å². The summed E-state index contributed by atoms with van der Waals surface area (Å²) in [6.45, 7) is 6.78. The molecule has 3 rings (SSSR count). The average Bonchev–Trinajstić information content (AvgIpc) is 3.23. The van der Waals surface area contributed by atoms with Crippen molar-refractivity contribution in [1.82, 2.24) is 19.7 Å². The van der Waals surface area contributed by atoms with Gasteiger partial charge in [-0.3, -0.25) is 19.3 Å². The van der Waals surface area contributed by atoms with Crippen LogP contribution in [-0.2, 0) is 11.0 Å². The fourth-order valence-corrected chi connectivity index (χ4v) is 4.92. The van der Waals surface area contributed by atoms with Crippen LogP contribution >= 0.6 is 11.6 Å². The number of aliphatic carboxylic acids is 1. The number of nitrogens with zero attached hydrogens (tertiary/aromatic N) is 4. The van der Waals surface area contributed by atoms with Crippen LogP contribution in [0.2, 0.25) is 5.02 Å². The Morgan fingerprint density at radius 1 is 1.27 bits per heavy atom. The summed E-state index contributed by atoms with van der Waals surface area (Å²) >= 11 is 6.12. The maximum absolute atomic E-state index is 14.3. The van der Waals surface area contributed by atoms with Crippen LogP contribution < -0.4 is 0 Å². The molecule has 2 aromatic rings. The van der Waals surface area contributed by atoms with Crippen LogP contribution in [0.4, 0.5) is 13.2 Å². The Labute approximate surface area is 218 Å². The minimum atomic E-state index is -4.88. The van der Waals surface area contributed by atoms with Gasteiger partial charge in [0.25, 0.3) is 5.91 Å². The lowest BCUT2D eigenvalue weighted by Crippen LogP contribution is -2.41. The number of amides is 1. The van der Waals surface area contributed by atoms with Gasteiger partial charge in [-0.15, -0.1) is 0 Å². The highest BCUT2D eigenvalue weighted by molar-refractivity contribution is 6.31. The minimum Gasteiger partial charge on any atom is -0.481 e. The third kappa shape index (κ3) is 6.62. The van der Waals surface area contributed by atoms with E-state index in [0.29, 0.717) is 0 Å². The van der Waals surface area contributed by atoms with Crippen molar-refractivity contribution in [3.8, 4) is 0 Å². The number of pyridine rings is 1. The first-order valence-electron chi connectivity index (χ1n) is 12.0. The van der Waals surface area contributed by atoms with Crippen molar-refractivity contribution in [2.45, 2.75) is 71.7 Å². The molecule has 204 valence electrons. The van der Waals surface area contributed by atoms with Crippen LogP contribution in [0.5, 0.6) is 0 Å². The summed E-state index contributed by atoms with van der Waals surface area (Å²) in [5.74, 6) is -1.91. The molecule has 2 aromatic heterocycles. The molecule has 0 aliphatic heterocycles. The number of aromatic nitrogens is 3. The predicted molar refractivity (Wildman–Crippen MR) is 130 cm³/mol. The van der Waals surface area contributed by atoms with E-state index < -0.39 is 52.3 Å². The summed E-state index contributed by atoms with van der Waals surface area (Å²) in [5, 5.41) is 24.3. The fourth-order valence-electron chi connectivity index (χ4n) is 4.68. The number of hydrogen-bond donors (Lipinski definition) is 2. The second-order valence-electron chi connectivity index (χ2n) is 11.1. The summed E-state index contributed by atoms with van der Waals surface area (Å²) in [5.41, 5.74) is -3.19. The largest absolute Gasteiger partial charge is 0.481 e. The zero-order chi connectivity index (χ0) is 27.8. The van der Waals surface area contributed by atoms with Crippen molar-refractivity contribution in [3.05, 3.63) is 46.5 Å². The van der Waals surface area contributed by atoms with Gasteiger partial charge >= 0.3 is 12.1 Å². The second-order valence-corrected chi connectivity index (χ2v) is 11.5. The fraction of sp³-hybridized carbons (Fsp3) is 0.600. The molecule has 1 aliphatic rings. The maximum Gasteiger partial charge on any atom is 0.433 e. The zero-order valence-electron chi connectivity index (χ0n) is 21.2. The number of halogens is 4. The molecule has 2 heterocycles. The number of carboxylic acid groups (broad SMARTS) is 1. The van der Waals surface area contributed by atoms with Crippen molar-refractivity contribution < 1.29 is 33.0 Å². The van der Waals surface area contributed by atoms with Crippen LogP contribution in [-0.4, -0.2) is 54.8 Å². The van der Waals surface area contributed by atoms with Gasteiger partial charge in [-0.2, -0.15) is 18.3 Å². The monoisotopic (exact) mass is 544 g/mol. The van der Waals surface area contributed by atoms with Gasteiger partial charge < -0.3 is 15.1 Å². The van der Waals surface area contributed by atoms with Gasteiger partial charge in [0.05, 0.1) is 40.5 Å². The number of carbonyl (C=O) groups excluding carboxylic acids is 1. The molecule has 1 atom stereocenters. The summed E-state index contributed by atoms with van der Waals surface area (Å²) in [6.07, 6.45) is -3.12. The Hall–Kier alpha value is -2.66. The number of carboxylic acids is 1. The lowest BCUT2D eigenvalue weighted by Gasteiger charge is -2.35. The first-order chi connectivity index (χ1) is 17.0. The van der Waals surface area contributed by atoms with Gasteiger partial charge in [0.2, 0.25) is 0 Å². The van der Waals surface area contributed by atoms with E-state index in [4.69, 9.17) is 11.6 Å². The third-order valence-corrected chi connectivity index (χ3v) is 6.98. The van der Waals surface area contributed by atoms with Crippen molar-refractivity contribution >= 4 is 23.5 Å². The molecule has 0 aromatic carbocycles. The molecule has 0 saturated heterocycles. The summed E-state index contributed by atoms with van der Waals surface area (Å²) < 4.78 is 43.8. The lowest BCUT2D eigenvalue weighted by atomic mass is 9.74. The molecule has 1 aliphatic carbocycles. The molecular formula is C25H32ClF3N4O4. The van der Waals surface area contributed by atoms with E-state index in [1.165, 1.54) is 12.3 Å². The molecule has 1 amide bonds. The second kappa shape index (κ2) is 10.6. The molecule has 1 unspecified atom stereocenters. The number of aliphatic hydroxyl groups excluding tert-OH is 1. The molecule has 37 heavy (non-hydrogen) atoms. The molecule has 2 N–H and O–H groups in total. The molecule has 0 bridgehead atoms. The smallest absolute Gasteiger partial charge is 0.433 e. The molecule has 1 saturated carbocycles. The van der Waals surface area contributed by atoms with E-state index in [0.717, 1.165) is 15.8 Å². The van der Waals surface area contributed by atoms with Crippen LogP contribution in [0, 0.1) is 10.8 Å². The van der Waals surface area contributed by atoms with E-state index >= 15 is 0 Å². The number of rotatable bonds is 7. The number of alkyl halides is 3. The topological polar surface area (TPSA) is 109 Å². The molecule has 0 spiro atoms. The van der Waals surface area contributed by atoms with E-state index in [2.05, 4.69) is 10.1 Å². The molecular weight excluding hydrogens is 513 g/mol. The number of aliphatic hydroxyl groups is 1. The Kier molecular flexibility index (Phi) is 8.28. The number of carbonyl (C=O) groups is 2. The van der Waals surface area contributed by atoms with Crippen molar-refractivity contribution in [2.75, 3.05) is 13.1 Å². The third-order valence-electron chi connectivity index (χ3n) is 6.66. The minimum absolute atomic E-state index is 0.0518. The standard InChI is InChI=1S/C25H32ClF3N4O4/c1-23(2,3)14-32(13-18(34)19-17(26)6-5-11-30-19)21(35)16-12-31-33(20(16)25(27,28)29)15-7-9-24(4,10-8-15)22(36)37/h5-6,11-12,15,18,34H,7-10,13-14H2,1-4H3,(H,36,37)/t15-,18?,24-. The van der Waals surface area contributed by atoms with Crippen molar-refractivity contribution in [3.63, 3.8) is 0 Å². The molecule has 0 radical (unpaired) electrons. The van der Waals surface area contributed by atoms with Crippen molar-refractivity contribution in [2.24, 2.45) is 10.8 Å². The van der Waals surface area contributed by atoms with Crippen LogP contribution in [0.3, 0.4) is 0 Å². The quantitative estimate of drug-likeness (QED) is 0.484. The summed E-state index contributed by atoms with van der Waals surface area (Å²) in [4.78, 5) is 30.3. The highest BCUT2D eigenvalue weighted by atomic mass is 35.5. The highest BCUT2D eigenvalue weighted by Crippen LogP contribution is 2.43. The Morgan fingerprint density at radius 3 is 2.41 bits per heavy atom. The van der Waals surface area contributed by atoms with Gasteiger partial charge in [0, 0.05) is 12.7 Å². The predicted octanol–water partition coefficient (Wildman–Crippen LogP) is 5.38. The number of hydrogen-bond acceptors (Lipinski definition) is 5. The van der Waals surface area contributed by atoms with Gasteiger partial charge in [0.15, 0.2) is 5.69 Å². The Morgan fingerprint density at radius 2 is 1.89 bits per heavy atom. The Bertz CT molecular complexity index is 1140. The molecule has 12 heteroatoms. The maximum atomic E-state index is 14.3. The lowest BCUT2D eigenvalue weighted by molar-refractivity contribution is -0.152. The first-order valence-corrected chi connectivity index (χ1v) is 12.4. The SMILES string of the molecule is CC(C)(C)CN(CC(O)c1ncccc1Cl)C(=O)c1cnn([C@H]2CC[C@](C)(C(=O)O)CC2)c1C(F)(F)F. The van der Waals surface area contributed by atoms with Gasteiger partial charge in [0.1, 0.15) is 6.10 Å². The first kappa shape index (κ1) is 28.9. The van der Waals surface area contributed by atoms with Crippen LogP contribution in [0.1, 0.15) is 87.3 Å². The normalized spacial score (nSPS) is 21.5. The van der Waals surface area contributed by atoms with Gasteiger partial charge in [-0.05, 0) is 50.2 Å². The van der Waals surface area contributed by atoms with Gasteiger partial charge in [-0.25, -0.2) is 0 Å². The molecule has 1 fully saturated rings. The highest BCUT2D eigenvalue weighted by Gasteiger charge is 2.45. The van der Waals surface area contributed by atoms with Crippen LogP contribution in [0.25, 0.3) is 0 Å². The van der Waals surface area contributed by atoms with E-state index in [-0.39, 0.29) is 49.5 Å². The summed E-state index contributed by atoms with van der Waals surface area (Å²) in [6, 6.07) is 2.40. The van der Waals surface area contributed by atoms with E-state index in [9.17, 15) is 33.0 Å². The summed E-state index contributed by atoms with van der Waals surface area (Å²) in [7, 11) is 0.